The van der Waals surface area contributed by atoms with Crippen molar-refractivity contribution in [2.45, 2.75) is 26.2 Å². The first-order valence-electron chi connectivity index (χ1n) is 7.36. The van der Waals surface area contributed by atoms with Gasteiger partial charge in [0.1, 0.15) is 5.15 Å². The number of halogens is 1. The molecule has 0 aliphatic heterocycles. The summed E-state index contributed by atoms with van der Waals surface area (Å²) in [4.78, 5) is 29.8. The van der Waals surface area contributed by atoms with E-state index >= 15 is 0 Å². The zero-order chi connectivity index (χ0) is 16.4. The van der Waals surface area contributed by atoms with Crippen LogP contribution in [0.2, 0.25) is 5.15 Å². The van der Waals surface area contributed by atoms with E-state index in [9.17, 15) is 9.59 Å². The summed E-state index contributed by atoms with van der Waals surface area (Å²) in [5.41, 5.74) is 6.42. The number of pyridine rings is 1. The van der Waals surface area contributed by atoms with E-state index in [-0.39, 0.29) is 5.91 Å². The number of carbonyl (C=O) groups excluding carboxylic acids is 2. The summed E-state index contributed by atoms with van der Waals surface area (Å²) in [6.45, 7) is 2.22. The van der Waals surface area contributed by atoms with Gasteiger partial charge >= 0.3 is 0 Å². The van der Waals surface area contributed by atoms with Crippen LogP contribution in [0.3, 0.4) is 0 Å². The SMILES string of the molecule is C[C@H]1CCc2sc(C(=O)NNC(=O)c3ccc(Cl)nc3)cc2C1. The van der Waals surface area contributed by atoms with Gasteiger partial charge in [0.05, 0.1) is 10.4 Å². The molecule has 1 aliphatic carbocycles. The molecule has 3 rings (SSSR count). The summed E-state index contributed by atoms with van der Waals surface area (Å²) in [5, 5.41) is 0.309. The number of carbonyl (C=O) groups is 2. The Balaban J connectivity index is 1.61. The highest BCUT2D eigenvalue weighted by atomic mass is 35.5. The number of hydrogen-bond donors (Lipinski definition) is 2. The summed E-state index contributed by atoms with van der Waals surface area (Å²) in [6.07, 6.45) is 4.56. The zero-order valence-electron chi connectivity index (χ0n) is 12.6. The molecular weight excluding hydrogens is 334 g/mol. The Kier molecular flexibility index (Phi) is 4.63. The maximum atomic E-state index is 12.2. The number of aryl methyl sites for hydroxylation is 1. The van der Waals surface area contributed by atoms with E-state index in [1.54, 1.807) is 6.07 Å². The molecule has 2 heterocycles. The molecule has 0 unspecified atom stereocenters. The van der Waals surface area contributed by atoms with Crippen LogP contribution in [0.5, 0.6) is 0 Å². The summed E-state index contributed by atoms with van der Waals surface area (Å²) in [7, 11) is 0. The van der Waals surface area contributed by atoms with Gasteiger partial charge in [-0.3, -0.25) is 20.4 Å². The lowest BCUT2D eigenvalue weighted by molar-refractivity contribution is 0.0848. The van der Waals surface area contributed by atoms with Crippen molar-refractivity contribution in [2.75, 3.05) is 0 Å². The smallest absolute Gasteiger partial charge is 0.267 e. The van der Waals surface area contributed by atoms with Gasteiger partial charge in [-0.25, -0.2) is 4.98 Å². The third-order valence-electron chi connectivity index (χ3n) is 3.83. The molecule has 1 aliphatic rings. The predicted molar refractivity (Wildman–Crippen MR) is 89.7 cm³/mol. The molecule has 2 N–H and O–H groups in total. The summed E-state index contributed by atoms with van der Waals surface area (Å²) in [6, 6.07) is 5.00. The molecule has 0 saturated heterocycles. The van der Waals surface area contributed by atoms with Gasteiger partial charge in [-0.15, -0.1) is 11.3 Å². The molecule has 5 nitrogen and oxygen atoms in total. The molecule has 0 saturated carbocycles. The minimum Gasteiger partial charge on any atom is -0.267 e. The molecule has 2 aromatic rings. The molecule has 2 amide bonds. The predicted octanol–water partition coefficient (Wildman–Crippen LogP) is 3.00. The van der Waals surface area contributed by atoms with Crippen molar-refractivity contribution in [3.05, 3.63) is 50.4 Å². The second-order valence-electron chi connectivity index (χ2n) is 5.68. The molecule has 0 bridgehead atoms. The van der Waals surface area contributed by atoms with Gasteiger partial charge in [-0.1, -0.05) is 18.5 Å². The van der Waals surface area contributed by atoms with E-state index in [2.05, 4.69) is 22.8 Å². The van der Waals surface area contributed by atoms with E-state index in [4.69, 9.17) is 11.6 Å². The third kappa shape index (κ3) is 3.71. The number of aromatic nitrogens is 1. The van der Waals surface area contributed by atoms with Gasteiger partial charge in [-0.05, 0) is 48.9 Å². The van der Waals surface area contributed by atoms with Crippen molar-refractivity contribution in [1.29, 1.82) is 0 Å². The first-order chi connectivity index (χ1) is 11.0. The van der Waals surface area contributed by atoms with Gasteiger partial charge in [0.25, 0.3) is 11.8 Å². The molecule has 7 heteroatoms. The molecule has 0 aromatic carbocycles. The van der Waals surface area contributed by atoms with Gasteiger partial charge in [0, 0.05) is 11.1 Å². The number of amides is 2. The van der Waals surface area contributed by atoms with Gasteiger partial charge in [0.15, 0.2) is 0 Å². The highest BCUT2D eigenvalue weighted by Gasteiger charge is 2.21. The summed E-state index contributed by atoms with van der Waals surface area (Å²) < 4.78 is 0. The Morgan fingerprint density at radius 3 is 2.83 bits per heavy atom. The first-order valence-corrected chi connectivity index (χ1v) is 8.56. The van der Waals surface area contributed by atoms with Crippen LogP contribution in [0.1, 0.15) is 43.8 Å². The van der Waals surface area contributed by atoms with Crippen LogP contribution in [0, 0.1) is 5.92 Å². The molecule has 0 fully saturated rings. The first kappa shape index (κ1) is 16.0. The fraction of sp³-hybridized carbons (Fsp3) is 0.312. The van der Waals surface area contributed by atoms with Crippen LogP contribution < -0.4 is 10.9 Å². The van der Waals surface area contributed by atoms with Crippen LogP contribution in [0.25, 0.3) is 0 Å². The van der Waals surface area contributed by atoms with Crippen molar-refractivity contribution in [3.63, 3.8) is 0 Å². The molecule has 1 atom stereocenters. The number of nitrogens with zero attached hydrogens (tertiary/aromatic N) is 1. The fourth-order valence-electron chi connectivity index (χ4n) is 2.58. The minimum atomic E-state index is -0.433. The average molecular weight is 350 g/mol. The Labute approximate surface area is 143 Å². The van der Waals surface area contributed by atoms with Crippen LogP contribution in [-0.4, -0.2) is 16.8 Å². The molecule has 23 heavy (non-hydrogen) atoms. The lowest BCUT2D eigenvalue weighted by atomic mass is 9.90. The fourth-order valence-corrected chi connectivity index (χ4v) is 3.79. The Hall–Kier alpha value is -1.92. The zero-order valence-corrected chi connectivity index (χ0v) is 14.1. The Morgan fingerprint density at radius 2 is 2.09 bits per heavy atom. The highest BCUT2D eigenvalue weighted by molar-refractivity contribution is 7.14. The largest absolute Gasteiger partial charge is 0.279 e. The van der Waals surface area contributed by atoms with Gasteiger partial charge in [-0.2, -0.15) is 0 Å². The maximum absolute atomic E-state index is 12.2. The topological polar surface area (TPSA) is 71.1 Å². The van der Waals surface area contributed by atoms with E-state index in [1.165, 1.54) is 34.0 Å². The third-order valence-corrected chi connectivity index (χ3v) is 5.29. The van der Waals surface area contributed by atoms with Crippen molar-refractivity contribution in [2.24, 2.45) is 5.92 Å². The quantitative estimate of drug-likeness (QED) is 0.646. The van der Waals surface area contributed by atoms with Crippen LogP contribution >= 0.6 is 22.9 Å². The van der Waals surface area contributed by atoms with Crippen molar-refractivity contribution in [3.8, 4) is 0 Å². The number of fused-ring (bicyclic) bond motifs is 1. The van der Waals surface area contributed by atoms with Gasteiger partial charge in [0.2, 0.25) is 0 Å². The standard InChI is InChI=1S/C16H16ClN3O2S/c1-9-2-4-12-11(6-9)7-13(23-12)16(22)20-19-15(21)10-3-5-14(17)18-8-10/h3,5,7-9H,2,4,6H2,1H3,(H,19,21)(H,20,22)/t9-/m0/s1. The molecule has 0 spiro atoms. The number of hydrazine groups is 1. The van der Waals surface area contributed by atoms with E-state index in [1.807, 2.05) is 6.07 Å². The number of thiophene rings is 1. The second kappa shape index (κ2) is 6.68. The second-order valence-corrected chi connectivity index (χ2v) is 7.21. The van der Waals surface area contributed by atoms with Crippen molar-refractivity contribution < 1.29 is 9.59 Å². The van der Waals surface area contributed by atoms with E-state index in [0.29, 0.717) is 21.5 Å². The molecule has 2 aromatic heterocycles. The maximum Gasteiger partial charge on any atom is 0.279 e. The van der Waals surface area contributed by atoms with Crippen molar-refractivity contribution >= 4 is 34.8 Å². The monoisotopic (exact) mass is 349 g/mol. The number of nitrogens with one attached hydrogen (secondary N) is 2. The highest BCUT2D eigenvalue weighted by Crippen LogP contribution is 2.32. The number of rotatable bonds is 2. The van der Waals surface area contributed by atoms with E-state index < -0.39 is 5.91 Å². The Bertz CT molecular complexity index is 742. The normalized spacial score (nSPS) is 16.5. The molecular formula is C16H16ClN3O2S. The molecule has 0 radical (unpaired) electrons. The summed E-state index contributed by atoms with van der Waals surface area (Å²) >= 11 is 7.17. The Morgan fingerprint density at radius 1 is 1.30 bits per heavy atom. The number of hydrogen-bond acceptors (Lipinski definition) is 4. The van der Waals surface area contributed by atoms with E-state index in [0.717, 1.165) is 19.3 Å². The van der Waals surface area contributed by atoms with Crippen molar-refractivity contribution in [1.82, 2.24) is 15.8 Å². The van der Waals surface area contributed by atoms with Crippen LogP contribution in [0.4, 0.5) is 0 Å². The lowest BCUT2D eigenvalue weighted by Crippen LogP contribution is -2.41. The average Bonchev–Trinajstić information content (AvgIpc) is 2.96. The van der Waals surface area contributed by atoms with Gasteiger partial charge < -0.3 is 0 Å². The minimum absolute atomic E-state index is 0.299. The lowest BCUT2D eigenvalue weighted by Gasteiger charge is -2.16. The van der Waals surface area contributed by atoms with Crippen LogP contribution in [-0.2, 0) is 12.8 Å². The molecule has 120 valence electrons. The summed E-state index contributed by atoms with van der Waals surface area (Å²) in [5.74, 6) is -0.0742. The van der Waals surface area contributed by atoms with Crippen LogP contribution in [0.15, 0.2) is 24.4 Å².